The first-order chi connectivity index (χ1) is 7.16. The summed E-state index contributed by atoms with van der Waals surface area (Å²) in [5.74, 6) is 0.436. The molecule has 2 rings (SSSR count). The number of alkyl halides is 1. The summed E-state index contributed by atoms with van der Waals surface area (Å²) >= 11 is 5.81. The molecule has 0 N–H and O–H groups in total. The molecule has 1 aliphatic heterocycles. The standard InChI is InChI=1S/C10H18ClNO2S/c11-8-9-4-3-7-12(9)15(13,14)10-5-1-2-6-10/h9-10H,1-8H2. The highest BCUT2D eigenvalue weighted by atomic mass is 35.5. The first-order valence-electron chi connectivity index (χ1n) is 5.73. The van der Waals surface area contributed by atoms with Gasteiger partial charge in [0, 0.05) is 18.5 Å². The summed E-state index contributed by atoms with van der Waals surface area (Å²) < 4.78 is 26.2. The normalized spacial score (nSPS) is 30.1. The Hall–Kier alpha value is 0.200. The lowest BCUT2D eigenvalue weighted by atomic mass is 10.3. The molecule has 1 unspecified atom stereocenters. The van der Waals surface area contributed by atoms with Crippen molar-refractivity contribution in [1.82, 2.24) is 4.31 Å². The van der Waals surface area contributed by atoms with Crippen molar-refractivity contribution in [1.29, 1.82) is 0 Å². The Bertz CT molecular complexity index is 311. The molecule has 2 fully saturated rings. The molecule has 0 aromatic rings. The van der Waals surface area contributed by atoms with Crippen molar-refractivity contribution in [3.8, 4) is 0 Å². The highest BCUT2D eigenvalue weighted by molar-refractivity contribution is 7.89. The molecule has 1 heterocycles. The number of halogens is 1. The van der Waals surface area contributed by atoms with Crippen molar-refractivity contribution in [3.05, 3.63) is 0 Å². The zero-order valence-corrected chi connectivity index (χ0v) is 10.4. The monoisotopic (exact) mass is 251 g/mol. The van der Waals surface area contributed by atoms with Crippen molar-refractivity contribution in [2.24, 2.45) is 0 Å². The predicted octanol–water partition coefficient (Wildman–Crippen LogP) is 1.96. The number of hydrogen-bond acceptors (Lipinski definition) is 2. The van der Waals surface area contributed by atoms with Crippen molar-refractivity contribution >= 4 is 21.6 Å². The second-order valence-electron chi connectivity index (χ2n) is 4.51. The fraction of sp³-hybridized carbons (Fsp3) is 1.00. The van der Waals surface area contributed by atoms with Gasteiger partial charge < -0.3 is 0 Å². The third-order valence-electron chi connectivity index (χ3n) is 3.55. The first-order valence-corrected chi connectivity index (χ1v) is 7.76. The van der Waals surface area contributed by atoms with Gasteiger partial charge in [-0.2, -0.15) is 4.31 Å². The summed E-state index contributed by atoms with van der Waals surface area (Å²) in [7, 11) is -3.05. The van der Waals surface area contributed by atoms with Crippen LogP contribution in [0.25, 0.3) is 0 Å². The Morgan fingerprint density at radius 2 is 1.80 bits per heavy atom. The minimum Gasteiger partial charge on any atom is -0.212 e. The van der Waals surface area contributed by atoms with E-state index in [2.05, 4.69) is 0 Å². The van der Waals surface area contributed by atoms with E-state index in [4.69, 9.17) is 11.6 Å². The van der Waals surface area contributed by atoms with Crippen molar-refractivity contribution < 1.29 is 8.42 Å². The molecule has 1 atom stereocenters. The summed E-state index contributed by atoms with van der Waals surface area (Å²) in [6.07, 6.45) is 5.69. The van der Waals surface area contributed by atoms with Crippen LogP contribution in [-0.4, -0.2) is 36.4 Å². The Morgan fingerprint density at radius 1 is 1.13 bits per heavy atom. The van der Waals surface area contributed by atoms with Crippen LogP contribution in [0.15, 0.2) is 0 Å². The van der Waals surface area contributed by atoms with Gasteiger partial charge in [-0.1, -0.05) is 12.8 Å². The minimum atomic E-state index is -3.05. The molecule has 0 radical (unpaired) electrons. The molecule has 1 saturated carbocycles. The summed E-state index contributed by atoms with van der Waals surface area (Å²) in [5, 5.41) is -0.124. The Balaban J connectivity index is 2.13. The van der Waals surface area contributed by atoms with Crippen LogP contribution >= 0.6 is 11.6 Å². The van der Waals surface area contributed by atoms with Gasteiger partial charge in [0.05, 0.1) is 5.25 Å². The van der Waals surface area contributed by atoms with E-state index in [1.54, 1.807) is 4.31 Å². The fourth-order valence-electron chi connectivity index (χ4n) is 2.68. The highest BCUT2D eigenvalue weighted by Crippen LogP contribution is 2.31. The number of hydrogen-bond donors (Lipinski definition) is 0. The zero-order valence-electron chi connectivity index (χ0n) is 8.86. The Morgan fingerprint density at radius 3 is 2.40 bits per heavy atom. The maximum absolute atomic E-state index is 12.3. The van der Waals surface area contributed by atoms with Gasteiger partial charge in [0.1, 0.15) is 0 Å². The Labute approximate surface area is 96.8 Å². The highest BCUT2D eigenvalue weighted by Gasteiger charge is 2.39. The molecule has 1 aliphatic carbocycles. The number of sulfonamides is 1. The van der Waals surface area contributed by atoms with Gasteiger partial charge in [0.25, 0.3) is 0 Å². The molecular formula is C10H18ClNO2S. The number of rotatable bonds is 3. The molecule has 1 saturated heterocycles. The maximum atomic E-state index is 12.3. The third-order valence-corrected chi connectivity index (χ3v) is 6.36. The van der Waals surface area contributed by atoms with Crippen LogP contribution in [0, 0.1) is 0 Å². The zero-order chi connectivity index (χ0) is 10.9. The second-order valence-corrected chi connectivity index (χ2v) is 6.99. The lowest BCUT2D eigenvalue weighted by Crippen LogP contribution is -2.41. The molecule has 88 valence electrons. The smallest absolute Gasteiger partial charge is 0.212 e. The molecule has 3 nitrogen and oxygen atoms in total. The van der Waals surface area contributed by atoms with E-state index < -0.39 is 10.0 Å². The van der Waals surface area contributed by atoms with Gasteiger partial charge >= 0.3 is 0 Å². The van der Waals surface area contributed by atoms with E-state index in [9.17, 15) is 8.42 Å². The van der Waals surface area contributed by atoms with E-state index in [1.807, 2.05) is 0 Å². The second kappa shape index (κ2) is 4.60. The molecular weight excluding hydrogens is 234 g/mol. The van der Waals surface area contributed by atoms with Gasteiger partial charge in [-0.3, -0.25) is 0 Å². The topological polar surface area (TPSA) is 37.4 Å². The largest absolute Gasteiger partial charge is 0.217 e. The molecule has 15 heavy (non-hydrogen) atoms. The first kappa shape index (κ1) is 11.7. The van der Waals surface area contributed by atoms with E-state index >= 15 is 0 Å². The van der Waals surface area contributed by atoms with Crippen molar-refractivity contribution in [2.45, 2.75) is 49.8 Å². The summed E-state index contributed by atoms with van der Waals surface area (Å²) in [6.45, 7) is 0.677. The third kappa shape index (κ3) is 2.17. The summed E-state index contributed by atoms with van der Waals surface area (Å²) in [6, 6.07) is 0.0530. The molecule has 0 aromatic heterocycles. The van der Waals surface area contributed by atoms with Gasteiger partial charge in [-0.25, -0.2) is 8.42 Å². The van der Waals surface area contributed by atoms with Crippen LogP contribution in [0.5, 0.6) is 0 Å². The molecule has 0 amide bonds. The molecule has 5 heteroatoms. The summed E-state index contributed by atoms with van der Waals surface area (Å²) in [4.78, 5) is 0. The molecule has 0 aromatic carbocycles. The van der Waals surface area contributed by atoms with Crippen LogP contribution in [-0.2, 0) is 10.0 Å². The van der Waals surface area contributed by atoms with Gasteiger partial charge in [0.15, 0.2) is 0 Å². The lowest BCUT2D eigenvalue weighted by Gasteiger charge is -2.25. The fourth-order valence-corrected chi connectivity index (χ4v) is 5.37. The van der Waals surface area contributed by atoms with Crippen LogP contribution in [0.4, 0.5) is 0 Å². The maximum Gasteiger partial charge on any atom is 0.217 e. The SMILES string of the molecule is O=S(=O)(C1CCCC1)N1CCCC1CCl. The van der Waals surface area contributed by atoms with Crippen molar-refractivity contribution in [2.75, 3.05) is 12.4 Å². The van der Waals surface area contributed by atoms with Crippen LogP contribution in [0.1, 0.15) is 38.5 Å². The van der Waals surface area contributed by atoms with Gasteiger partial charge in [-0.05, 0) is 25.7 Å². The average Bonchev–Trinajstić information content (AvgIpc) is 2.89. The predicted molar refractivity (Wildman–Crippen MR) is 61.6 cm³/mol. The Kier molecular flexibility index (Phi) is 3.58. The van der Waals surface area contributed by atoms with Gasteiger partial charge in [0.2, 0.25) is 10.0 Å². The molecule has 0 bridgehead atoms. The molecule has 2 aliphatic rings. The van der Waals surface area contributed by atoms with Crippen molar-refractivity contribution in [3.63, 3.8) is 0 Å². The average molecular weight is 252 g/mol. The van der Waals surface area contributed by atoms with Gasteiger partial charge in [-0.15, -0.1) is 11.6 Å². The molecule has 0 spiro atoms. The van der Waals surface area contributed by atoms with E-state index in [0.29, 0.717) is 12.4 Å². The number of nitrogens with zero attached hydrogens (tertiary/aromatic N) is 1. The van der Waals surface area contributed by atoms with Crippen LogP contribution in [0.3, 0.4) is 0 Å². The lowest BCUT2D eigenvalue weighted by molar-refractivity contribution is 0.403. The summed E-state index contributed by atoms with van der Waals surface area (Å²) in [5.41, 5.74) is 0. The van der Waals surface area contributed by atoms with E-state index in [0.717, 1.165) is 38.5 Å². The van der Waals surface area contributed by atoms with E-state index in [-0.39, 0.29) is 11.3 Å². The van der Waals surface area contributed by atoms with E-state index in [1.165, 1.54) is 0 Å². The quantitative estimate of drug-likeness (QED) is 0.720. The minimum absolute atomic E-state index is 0.0530. The van der Waals surface area contributed by atoms with Crippen LogP contribution < -0.4 is 0 Å². The van der Waals surface area contributed by atoms with Crippen LogP contribution in [0.2, 0.25) is 0 Å².